The molecule has 0 aromatic heterocycles. The first-order chi connectivity index (χ1) is 9.67. The van der Waals surface area contributed by atoms with Crippen molar-refractivity contribution in [3.63, 3.8) is 0 Å². The molecule has 0 aliphatic carbocycles. The molecule has 10 heteroatoms. The lowest BCUT2D eigenvalue weighted by Crippen LogP contribution is -2.29. The molecule has 0 atom stereocenters. The molecule has 0 amide bonds. The van der Waals surface area contributed by atoms with E-state index in [9.17, 15) is 26.4 Å². The number of methoxy groups -OCH3 is 1. The van der Waals surface area contributed by atoms with E-state index in [1.807, 2.05) is 0 Å². The molecule has 0 saturated carbocycles. The maximum absolute atomic E-state index is 12.4. The van der Waals surface area contributed by atoms with Gasteiger partial charge in [0.05, 0.1) is 19.3 Å². The van der Waals surface area contributed by atoms with Crippen molar-refractivity contribution < 1.29 is 40.0 Å². The molecule has 0 radical (unpaired) electrons. The fourth-order valence-corrected chi connectivity index (χ4v) is 2.16. The van der Waals surface area contributed by atoms with Crippen LogP contribution < -0.4 is 13.7 Å². The van der Waals surface area contributed by atoms with Gasteiger partial charge >= 0.3 is 15.6 Å². The lowest BCUT2D eigenvalue weighted by atomic mass is 10.0. The molecule has 0 fully saturated rings. The molecule has 2 rings (SSSR count). The summed E-state index contributed by atoms with van der Waals surface area (Å²) in [4.78, 5) is 11.7. The fourth-order valence-electron chi connectivity index (χ4n) is 1.68. The highest BCUT2D eigenvalue weighted by molar-refractivity contribution is 7.88. The van der Waals surface area contributed by atoms with Gasteiger partial charge in [0.25, 0.3) is 0 Å². The Hall–Kier alpha value is -1.97. The van der Waals surface area contributed by atoms with Gasteiger partial charge in [-0.3, -0.25) is 4.79 Å². The Balaban J connectivity index is 2.57. The van der Waals surface area contributed by atoms with Crippen LogP contribution in [0.1, 0.15) is 16.8 Å². The van der Waals surface area contributed by atoms with Gasteiger partial charge in [0.2, 0.25) is 5.75 Å². The zero-order valence-electron chi connectivity index (χ0n) is 10.6. The zero-order valence-corrected chi connectivity index (χ0v) is 11.4. The minimum Gasteiger partial charge on any atom is -0.493 e. The molecule has 1 aromatic carbocycles. The molecule has 0 spiro atoms. The summed E-state index contributed by atoms with van der Waals surface area (Å²) >= 11 is 0. The van der Waals surface area contributed by atoms with Gasteiger partial charge in [-0.05, 0) is 12.1 Å². The Morgan fingerprint density at radius 2 is 1.95 bits per heavy atom. The third-order valence-corrected chi connectivity index (χ3v) is 3.60. The molecule has 1 aromatic rings. The van der Waals surface area contributed by atoms with E-state index in [0.717, 1.165) is 13.2 Å². The molecule has 21 heavy (non-hydrogen) atoms. The number of halogens is 3. The summed E-state index contributed by atoms with van der Waals surface area (Å²) in [5.74, 6) is -1.86. The number of carbonyl (C=O) groups is 1. The highest BCUT2D eigenvalue weighted by Gasteiger charge is 2.49. The van der Waals surface area contributed by atoms with Crippen LogP contribution in [0.5, 0.6) is 17.2 Å². The molecule has 6 nitrogen and oxygen atoms in total. The maximum Gasteiger partial charge on any atom is 0.534 e. The summed E-state index contributed by atoms with van der Waals surface area (Å²) in [5, 5.41) is 0. The van der Waals surface area contributed by atoms with E-state index >= 15 is 0 Å². The fraction of sp³-hybridized carbons (Fsp3) is 0.364. The number of rotatable bonds is 3. The van der Waals surface area contributed by atoms with Crippen LogP contribution in [0, 0.1) is 0 Å². The molecule has 0 bridgehead atoms. The number of ketones is 1. The molecule has 0 saturated heterocycles. The second-order valence-corrected chi connectivity index (χ2v) is 5.52. The molecular formula is C11H9F3O6S. The molecule has 0 unspecified atom stereocenters. The summed E-state index contributed by atoms with van der Waals surface area (Å²) in [6.07, 6.45) is 0.0325. The zero-order chi connectivity index (χ0) is 15.8. The quantitative estimate of drug-likeness (QED) is 0.623. The summed E-state index contributed by atoms with van der Waals surface area (Å²) < 4.78 is 73.3. The predicted octanol–water partition coefficient (Wildman–Crippen LogP) is 1.89. The third kappa shape index (κ3) is 2.75. The Kier molecular flexibility index (Phi) is 3.74. The van der Waals surface area contributed by atoms with E-state index in [1.165, 1.54) is 6.07 Å². The lowest BCUT2D eigenvalue weighted by molar-refractivity contribution is -0.0501. The van der Waals surface area contributed by atoms with Crippen molar-refractivity contribution in [3.8, 4) is 17.2 Å². The largest absolute Gasteiger partial charge is 0.534 e. The Morgan fingerprint density at radius 1 is 1.29 bits per heavy atom. The SMILES string of the molecule is COc1ccc2c(c1OS(=O)(=O)C(F)(F)F)OCCC2=O. The molecule has 1 aliphatic heterocycles. The standard InChI is InChI=1S/C11H9F3O6S/c1-18-8-3-2-6-7(15)4-5-19-9(6)10(8)20-21(16,17)11(12,13)14/h2-3H,4-5H2,1H3. The van der Waals surface area contributed by atoms with E-state index in [2.05, 4.69) is 4.18 Å². The topological polar surface area (TPSA) is 78.9 Å². The minimum absolute atomic E-state index is 0.0325. The van der Waals surface area contributed by atoms with Gasteiger partial charge in [0, 0.05) is 6.42 Å². The van der Waals surface area contributed by atoms with Crippen LogP contribution >= 0.6 is 0 Å². The number of alkyl halides is 3. The van der Waals surface area contributed by atoms with Gasteiger partial charge in [-0.1, -0.05) is 0 Å². The van der Waals surface area contributed by atoms with Gasteiger partial charge in [-0.2, -0.15) is 21.6 Å². The van der Waals surface area contributed by atoms with Crippen LogP contribution in [0.15, 0.2) is 12.1 Å². The van der Waals surface area contributed by atoms with Crippen molar-refractivity contribution in [1.82, 2.24) is 0 Å². The summed E-state index contributed by atoms with van der Waals surface area (Å²) in [5.41, 5.74) is -5.67. The monoisotopic (exact) mass is 326 g/mol. The average molecular weight is 326 g/mol. The van der Waals surface area contributed by atoms with Crippen LogP contribution in [0.25, 0.3) is 0 Å². The Labute approximate surface area is 117 Å². The number of carbonyl (C=O) groups excluding carboxylic acids is 1. The molecule has 116 valence electrons. The molecule has 1 heterocycles. The Bertz CT molecular complexity index is 680. The number of hydrogen-bond donors (Lipinski definition) is 0. The first-order valence-corrected chi connectivity index (χ1v) is 6.96. The van der Waals surface area contributed by atoms with Crippen LogP contribution in [0.2, 0.25) is 0 Å². The summed E-state index contributed by atoms with van der Waals surface area (Å²) in [6, 6.07) is 2.40. The molecule has 1 aliphatic rings. The van der Waals surface area contributed by atoms with Gasteiger partial charge < -0.3 is 13.7 Å². The number of ether oxygens (including phenoxy) is 2. The van der Waals surface area contributed by atoms with E-state index in [1.54, 1.807) is 0 Å². The van der Waals surface area contributed by atoms with Gasteiger partial charge in [-0.15, -0.1) is 0 Å². The highest BCUT2D eigenvalue weighted by atomic mass is 32.2. The van der Waals surface area contributed by atoms with Crippen molar-refractivity contribution in [2.24, 2.45) is 0 Å². The summed E-state index contributed by atoms with van der Waals surface area (Å²) in [6.45, 7) is -0.0958. The van der Waals surface area contributed by atoms with E-state index < -0.39 is 27.2 Å². The first-order valence-electron chi connectivity index (χ1n) is 5.55. The van der Waals surface area contributed by atoms with Gasteiger partial charge in [0.15, 0.2) is 17.3 Å². The average Bonchev–Trinajstić information content (AvgIpc) is 2.38. The van der Waals surface area contributed by atoms with Crippen LogP contribution in [0.4, 0.5) is 13.2 Å². The number of benzene rings is 1. The molecule has 0 N–H and O–H groups in total. The lowest BCUT2D eigenvalue weighted by Gasteiger charge is -2.21. The molecular weight excluding hydrogens is 317 g/mol. The highest BCUT2D eigenvalue weighted by Crippen LogP contribution is 2.44. The van der Waals surface area contributed by atoms with Gasteiger partial charge in [-0.25, -0.2) is 0 Å². The maximum atomic E-state index is 12.4. The number of Topliss-reactive ketones (excluding diaryl/α,β-unsaturated/α-hetero) is 1. The normalized spacial score (nSPS) is 15.1. The van der Waals surface area contributed by atoms with Crippen molar-refractivity contribution in [2.45, 2.75) is 11.9 Å². The van der Waals surface area contributed by atoms with Crippen LogP contribution in [0.3, 0.4) is 0 Å². The number of hydrogen-bond acceptors (Lipinski definition) is 6. The van der Waals surface area contributed by atoms with Crippen molar-refractivity contribution in [2.75, 3.05) is 13.7 Å². The smallest absolute Gasteiger partial charge is 0.493 e. The van der Waals surface area contributed by atoms with Crippen LogP contribution in [-0.2, 0) is 10.1 Å². The van der Waals surface area contributed by atoms with Crippen LogP contribution in [-0.4, -0.2) is 33.4 Å². The predicted molar refractivity (Wildman–Crippen MR) is 63.0 cm³/mol. The van der Waals surface area contributed by atoms with Crippen molar-refractivity contribution >= 4 is 15.9 Å². The van der Waals surface area contributed by atoms with Crippen molar-refractivity contribution in [1.29, 1.82) is 0 Å². The first kappa shape index (κ1) is 15.4. The summed E-state index contributed by atoms with van der Waals surface area (Å²) in [7, 11) is -4.80. The van der Waals surface area contributed by atoms with E-state index in [0.29, 0.717) is 0 Å². The second-order valence-electron chi connectivity index (χ2n) is 3.98. The third-order valence-electron chi connectivity index (χ3n) is 2.65. The second kappa shape index (κ2) is 5.10. The van der Waals surface area contributed by atoms with E-state index in [-0.39, 0.29) is 30.1 Å². The van der Waals surface area contributed by atoms with Gasteiger partial charge in [0.1, 0.15) is 0 Å². The minimum atomic E-state index is -5.91. The number of fused-ring (bicyclic) bond motifs is 1. The van der Waals surface area contributed by atoms with E-state index in [4.69, 9.17) is 9.47 Å². The Morgan fingerprint density at radius 3 is 2.52 bits per heavy atom. The van der Waals surface area contributed by atoms with Crippen molar-refractivity contribution in [3.05, 3.63) is 17.7 Å².